The highest BCUT2D eigenvalue weighted by Crippen LogP contribution is 2.40. The van der Waals surface area contributed by atoms with Gasteiger partial charge in [0.15, 0.2) is 0 Å². The number of esters is 1. The summed E-state index contributed by atoms with van der Waals surface area (Å²) in [6.45, 7) is 7.62. The number of ether oxygens (including phenoxy) is 8. The van der Waals surface area contributed by atoms with Gasteiger partial charge >= 0.3 is 5.97 Å². The van der Waals surface area contributed by atoms with E-state index in [2.05, 4.69) is 36.4 Å². The van der Waals surface area contributed by atoms with Gasteiger partial charge in [0.1, 0.15) is 12.2 Å². The molecule has 0 amide bonds. The highest BCUT2D eigenvalue weighted by molar-refractivity contribution is 5.65. The predicted molar refractivity (Wildman–Crippen MR) is 167 cm³/mol. The highest BCUT2D eigenvalue weighted by atomic mass is 16.6. The van der Waals surface area contributed by atoms with Crippen molar-refractivity contribution in [1.82, 2.24) is 0 Å². The van der Waals surface area contributed by atoms with E-state index in [1.54, 1.807) is 0 Å². The minimum absolute atomic E-state index is 0.258. The van der Waals surface area contributed by atoms with Crippen molar-refractivity contribution in [1.29, 1.82) is 0 Å². The Morgan fingerprint density at radius 1 is 0.432 bits per heavy atom. The molecule has 0 N–H and O–H groups in total. The van der Waals surface area contributed by atoms with Crippen LogP contribution in [0.1, 0.15) is 23.6 Å². The van der Waals surface area contributed by atoms with Gasteiger partial charge in [0, 0.05) is 6.92 Å². The zero-order valence-electron chi connectivity index (χ0n) is 25.7. The number of hydrogen-bond donors (Lipinski definition) is 0. The molecule has 0 aliphatic carbocycles. The van der Waals surface area contributed by atoms with E-state index >= 15 is 0 Å². The van der Waals surface area contributed by atoms with E-state index in [4.69, 9.17) is 37.9 Å². The molecule has 0 spiro atoms. The third-order valence-electron chi connectivity index (χ3n) is 6.48. The standard InChI is InChI=1S/C35H46O9/c1-31(36)43-29-27-41-25-23-39-21-19-37-17-18-38-20-22-40-24-26-42-28-30-44-35(32-11-5-2-6-12-32,33-13-7-3-8-14-33)34-15-9-4-10-16-34/h2-16H,17-30H2,1H3. The summed E-state index contributed by atoms with van der Waals surface area (Å²) in [6, 6.07) is 30.9. The molecule has 0 saturated heterocycles. The van der Waals surface area contributed by atoms with Crippen LogP contribution in [0.3, 0.4) is 0 Å². The van der Waals surface area contributed by atoms with Crippen LogP contribution in [0.4, 0.5) is 0 Å². The largest absolute Gasteiger partial charge is 0.463 e. The number of carbonyl (C=O) groups is 1. The van der Waals surface area contributed by atoms with Gasteiger partial charge in [0.25, 0.3) is 0 Å². The molecule has 0 atom stereocenters. The van der Waals surface area contributed by atoms with Crippen LogP contribution in [-0.2, 0) is 48.3 Å². The van der Waals surface area contributed by atoms with Gasteiger partial charge in [0.05, 0.1) is 85.9 Å². The quantitative estimate of drug-likeness (QED) is 0.0772. The van der Waals surface area contributed by atoms with Crippen LogP contribution < -0.4 is 0 Å². The SMILES string of the molecule is CC(=O)OCCOCCOCCOCCOCCOCCOCCOC(c1ccccc1)(c1ccccc1)c1ccccc1. The average Bonchev–Trinajstić information content (AvgIpc) is 3.06. The minimum atomic E-state index is -0.749. The van der Waals surface area contributed by atoms with Crippen molar-refractivity contribution in [3.05, 3.63) is 108 Å². The molecule has 3 rings (SSSR count). The molecule has 0 unspecified atom stereocenters. The summed E-state index contributed by atoms with van der Waals surface area (Å²) >= 11 is 0. The van der Waals surface area contributed by atoms with Gasteiger partial charge in [-0.25, -0.2) is 0 Å². The molecule has 0 saturated carbocycles. The Morgan fingerprint density at radius 3 is 1.00 bits per heavy atom. The Hall–Kier alpha value is -3.15. The molecule has 3 aromatic carbocycles. The highest BCUT2D eigenvalue weighted by Gasteiger charge is 2.37. The Morgan fingerprint density at radius 2 is 0.705 bits per heavy atom. The van der Waals surface area contributed by atoms with Crippen molar-refractivity contribution in [2.24, 2.45) is 0 Å². The summed E-state index contributed by atoms with van der Waals surface area (Å²) in [5, 5.41) is 0. The maximum absolute atomic E-state index is 10.6. The maximum atomic E-state index is 10.6. The van der Waals surface area contributed by atoms with Crippen molar-refractivity contribution < 1.29 is 42.7 Å². The Kier molecular flexibility index (Phi) is 18.0. The van der Waals surface area contributed by atoms with Gasteiger partial charge in [-0.15, -0.1) is 0 Å². The first kappa shape index (κ1) is 35.3. The van der Waals surface area contributed by atoms with Crippen molar-refractivity contribution in [2.45, 2.75) is 12.5 Å². The minimum Gasteiger partial charge on any atom is -0.463 e. The van der Waals surface area contributed by atoms with E-state index < -0.39 is 5.60 Å². The lowest BCUT2D eigenvalue weighted by Crippen LogP contribution is -2.34. The smallest absolute Gasteiger partial charge is 0.302 e. The summed E-state index contributed by atoms with van der Waals surface area (Å²) in [4.78, 5) is 10.6. The van der Waals surface area contributed by atoms with E-state index in [0.717, 1.165) is 16.7 Å². The first-order chi connectivity index (χ1) is 21.7. The first-order valence-corrected chi connectivity index (χ1v) is 15.1. The number of carbonyl (C=O) groups excluding carboxylic acids is 1. The summed E-state index contributed by atoms with van der Waals surface area (Å²) in [5.74, 6) is -0.310. The molecule has 0 fully saturated rings. The molecule has 0 bridgehead atoms. The number of benzene rings is 3. The van der Waals surface area contributed by atoms with Crippen molar-refractivity contribution in [2.75, 3.05) is 92.5 Å². The summed E-state index contributed by atoms with van der Waals surface area (Å²) in [7, 11) is 0. The van der Waals surface area contributed by atoms with Crippen molar-refractivity contribution in [3.8, 4) is 0 Å². The first-order valence-electron chi connectivity index (χ1n) is 15.1. The fourth-order valence-electron chi connectivity index (χ4n) is 4.47. The van der Waals surface area contributed by atoms with Gasteiger partial charge in [-0.05, 0) is 16.7 Å². The molecule has 0 aromatic heterocycles. The van der Waals surface area contributed by atoms with Crippen LogP contribution in [0.25, 0.3) is 0 Å². The zero-order chi connectivity index (χ0) is 31.0. The molecular weight excluding hydrogens is 564 g/mol. The molecular formula is C35H46O9. The van der Waals surface area contributed by atoms with E-state index in [1.165, 1.54) is 6.92 Å². The van der Waals surface area contributed by atoms with Gasteiger partial charge in [-0.3, -0.25) is 4.79 Å². The van der Waals surface area contributed by atoms with Gasteiger partial charge < -0.3 is 37.9 Å². The molecule has 240 valence electrons. The lowest BCUT2D eigenvalue weighted by atomic mass is 9.80. The molecule has 3 aromatic rings. The summed E-state index contributed by atoms with van der Waals surface area (Å²) in [5.41, 5.74) is 2.45. The maximum Gasteiger partial charge on any atom is 0.302 e. The van der Waals surface area contributed by atoms with E-state index in [0.29, 0.717) is 85.9 Å². The molecule has 0 aliphatic rings. The zero-order valence-corrected chi connectivity index (χ0v) is 25.7. The van der Waals surface area contributed by atoms with Crippen LogP contribution >= 0.6 is 0 Å². The van der Waals surface area contributed by atoms with E-state index in [1.807, 2.05) is 54.6 Å². The molecule has 0 heterocycles. The van der Waals surface area contributed by atoms with Crippen LogP contribution in [-0.4, -0.2) is 98.5 Å². The van der Waals surface area contributed by atoms with Gasteiger partial charge in [-0.1, -0.05) is 91.0 Å². The predicted octanol–water partition coefficient (Wildman–Crippen LogP) is 4.66. The number of rotatable bonds is 25. The number of hydrogen-bond acceptors (Lipinski definition) is 9. The second-order valence-electron chi connectivity index (χ2n) is 9.64. The van der Waals surface area contributed by atoms with Gasteiger partial charge in [-0.2, -0.15) is 0 Å². The van der Waals surface area contributed by atoms with Crippen LogP contribution in [0.15, 0.2) is 91.0 Å². The van der Waals surface area contributed by atoms with Crippen molar-refractivity contribution >= 4 is 5.97 Å². The summed E-state index contributed by atoms with van der Waals surface area (Å²) < 4.78 is 44.6. The van der Waals surface area contributed by atoms with Crippen LogP contribution in [0.5, 0.6) is 0 Å². The third kappa shape index (κ3) is 13.2. The van der Waals surface area contributed by atoms with Crippen LogP contribution in [0, 0.1) is 0 Å². The fraction of sp³-hybridized carbons (Fsp3) is 0.457. The molecule has 9 heteroatoms. The Balaban J connectivity index is 1.22. The van der Waals surface area contributed by atoms with Crippen molar-refractivity contribution in [3.63, 3.8) is 0 Å². The molecule has 0 aliphatic heterocycles. The lowest BCUT2D eigenvalue weighted by molar-refractivity contribution is -0.142. The molecule has 0 radical (unpaired) electrons. The van der Waals surface area contributed by atoms with E-state index in [-0.39, 0.29) is 12.6 Å². The normalized spacial score (nSPS) is 11.5. The Bertz CT molecular complexity index is 1020. The van der Waals surface area contributed by atoms with Gasteiger partial charge in [0.2, 0.25) is 0 Å². The average molecular weight is 611 g/mol. The second kappa shape index (κ2) is 22.4. The third-order valence-corrected chi connectivity index (χ3v) is 6.48. The van der Waals surface area contributed by atoms with E-state index in [9.17, 15) is 4.79 Å². The molecule has 44 heavy (non-hydrogen) atoms. The van der Waals surface area contributed by atoms with Crippen LogP contribution in [0.2, 0.25) is 0 Å². The monoisotopic (exact) mass is 610 g/mol. The topological polar surface area (TPSA) is 90.9 Å². The second-order valence-corrected chi connectivity index (χ2v) is 9.64. The lowest BCUT2D eigenvalue weighted by Gasteiger charge is -2.36. The fourth-order valence-corrected chi connectivity index (χ4v) is 4.47. The summed E-state index contributed by atoms with van der Waals surface area (Å²) in [6.07, 6.45) is 0. The Labute approximate surface area is 261 Å². The molecule has 9 nitrogen and oxygen atoms in total.